The number of hydrogen-bond acceptors (Lipinski definition) is 22. The molecule has 0 unspecified atom stereocenters. The van der Waals surface area contributed by atoms with Gasteiger partial charge in [-0.1, -0.05) is 0 Å². The largest absolute Gasteiger partial charge is 0.481 e. The highest BCUT2D eigenvalue weighted by molar-refractivity contribution is 5.99. The van der Waals surface area contributed by atoms with Crippen LogP contribution >= 0.6 is 0 Å². The number of amides is 14. The summed E-state index contributed by atoms with van der Waals surface area (Å²) >= 11 is 0. The van der Waals surface area contributed by atoms with Gasteiger partial charge in [0.05, 0.1) is 58.1 Å². The number of carboxylic acids is 2. The third kappa shape index (κ3) is 21.8. The molecule has 5 aliphatic rings. The molecule has 0 spiro atoms. The van der Waals surface area contributed by atoms with Crippen molar-refractivity contribution >= 4 is 101 Å². The number of nitrogens with two attached hydrogens (primary N) is 2. The predicted molar refractivity (Wildman–Crippen MR) is 321 cm³/mol. The lowest BCUT2D eigenvalue weighted by molar-refractivity contribution is -0.147. The van der Waals surface area contributed by atoms with Crippen molar-refractivity contribution in [2.75, 3.05) is 85.2 Å². The lowest BCUT2D eigenvalue weighted by Gasteiger charge is -2.31. The molecule has 5 fully saturated rings. The van der Waals surface area contributed by atoms with Crippen molar-refractivity contribution in [1.82, 2.24) is 77.7 Å². The zero-order valence-corrected chi connectivity index (χ0v) is 52.2. The number of rotatable bonds is 33. The number of aliphatic hydroxyl groups excluding tert-OH is 4. The van der Waals surface area contributed by atoms with Crippen molar-refractivity contribution in [3.05, 3.63) is 0 Å². The number of carbonyl (C=O) groups excluding carboxylic acids is 14. The van der Waals surface area contributed by atoms with E-state index in [4.69, 9.17) is 16.9 Å². The van der Waals surface area contributed by atoms with Crippen molar-refractivity contribution in [2.24, 2.45) is 11.5 Å². The smallest absolute Gasteiger partial charge is 0.326 e. The van der Waals surface area contributed by atoms with Crippen LogP contribution in [-0.2, 0) is 76.7 Å². The third-order valence-electron chi connectivity index (χ3n) is 16.5. The highest BCUT2D eigenvalue weighted by atomic mass is 16.4. The number of carboxylic acid groups (broad SMARTS) is 2. The molecule has 5 heterocycles. The third-order valence-corrected chi connectivity index (χ3v) is 16.5. The summed E-state index contributed by atoms with van der Waals surface area (Å²) < 4.78 is 0. The Balaban J connectivity index is 1.06. The van der Waals surface area contributed by atoms with Gasteiger partial charge in [0.15, 0.2) is 5.96 Å². The van der Waals surface area contributed by atoms with Crippen LogP contribution in [0.15, 0.2) is 0 Å². The lowest BCUT2D eigenvalue weighted by atomic mass is 10.1. The van der Waals surface area contributed by atoms with Gasteiger partial charge in [-0.15, -0.1) is 0 Å². The van der Waals surface area contributed by atoms with E-state index >= 15 is 0 Å². The first-order valence-corrected chi connectivity index (χ1v) is 30.9. The molecule has 0 aliphatic carbocycles. The first kappa shape index (κ1) is 76.3. The summed E-state index contributed by atoms with van der Waals surface area (Å²) in [6, 6.07) is -13.5. The van der Waals surface area contributed by atoms with Crippen LogP contribution in [0.5, 0.6) is 0 Å². The normalized spacial score (nSPS) is 22.2. The van der Waals surface area contributed by atoms with E-state index in [0.29, 0.717) is 19.3 Å². The van der Waals surface area contributed by atoms with Gasteiger partial charge in [0, 0.05) is 58.5 Å². The average Bonchev–Trinajstić information content (AvgIpc) is 1.68. The summed E-state index contributed by atoms with van der Waals surface area (Å²) in [5.41, 5.74) is 10.5. The minimum absolute atomic E-state index is 0.0312. The second-order valence-corrected chi connectivity index (χ2v) is 23.3. The molecule has 0 radical (unpaired) electrons. The molecule has 5 saturated heterocycles. The number of hydrogen-bond donors (Lipinski definition) is 19. The van der Waals surface area contributed by atoms with E-state index in [1.54, 1.807) is 0 Å². The number of nitrogens with one attached hydrogen (secondary N) is 11. The molecule has 40 nitrogen and oxygen atoms in total. The Morgan fingerprint density at radius 3 is 1.51 bits per heavy atom. The molecule has 14 amide bonds. The van der Waals surface area contributed by atoms with Crippen LogP contribution in [0.4, 0.5) is 0 Å². The van der Waals surface area contributed by atoms with Gasteiger partial charge in [-0.3, -0.25) is 77.3 Å². The molecule has 0 saturated carbocycles. The fourth-order valence-electron chi connectivity index (χ4n) is 11.6. The summed E-state index contributed by atoms with van der Waals surface area (Å²) in [6.45, 7) is -4.25. The molecule has 0 aromatic rings. The molecule has 40 heteroatoms. The molecule has 0 bridgehead atoms. The van der Waals surface area contributed by atoms with Crippen molar-refractivity contribution in [3.8, 4) is 0 Å². The molecular weight excluding hydrogens is 1260 g/mol. The number of likely N-dealkylation sites (tertiary alicyclic amines) is 5. The number of nitrogens with zero attached hydrogens (tertiary/aromatic N) is 5. The maximum absolute atomic E-state index is 14.1. The van der Waals surface area contributed by atoms with Gasteiger partial charge in [-0.05, 0) is 64.7 Å². The van der Waals surface area contributed by atoms with Crippen molar-refractivity contribution in [1.29, 1.82) is 5.41 Å². The van der Waals surface area contributed by atoms with E-state index in [1.807, 2.05) is 0 Å². The fraction of sp³-hybridized carbons (Fsp3) is 0.691. The Morgan fingerprint density at radius 1 is 0.505 bits per heavy atom. The van der Waals surface area contributed by atoms with Gasteiger partial charge in [0.25, 0.3) is 0 Å². The van der Waals surface area contributed by atoms with Crippen LogP contribution in [-0.4, -0.2) is 314 Å². The average molecular weight is 1350 g/mol. The number of aliphatic carboxylic acids is 2. The number of guanidine groups is 1. The standard InChI is InChI=1S/C55H86N18O22/c1-27(45(85)60-19-40(79)65-30(10-11-44(83)84)47(87)67-31(54(94)95)6-2-12-59-55(57)58)64-50(90)34-7-3-13-69(34)41(80)20-61-46(86)32(25-74)68-51(91)35-8-4-14-70(35)42(81)21-62-49(89)38-17-29(77)24-73(38)53(93)36-9-5-15-71(36)43(82)22-63-48(88)37-16-28(76)23-72(37)52(92)33(26-75)66-39(78)18-56/h27-38,74-77H,2-26,56H2,1H3,(H,60,85)(H,61,86)(H,62,89)(H,63,88)(H,64,90)(H,65,79)(H,66,78)(H,67,87)(H,68,91)(H,83,84)(H,94,95)(H4,57,58,59)/t27-,28+,29+,30-,31-,32-,33-,34-,35-,36-,37-,38-/m0/s1. The number of β-amino-alcohol motifs (C(OH)–C–C–N with tert-alkyl or cyclic N) is 2. The van der Waals surface area contributed by atoms with E-state index in [1.165, 1.54) is 11.8 Å². The summed E-state index contributed by atoms with van der Waals surface area (Å²) in [6.07, 6.45) is -2.51. The number of aliphatic hydroxyl groups is 4. The minimum Gasteiger partial charge on any atom is -0.481 e. The summed E-state index contributed by atoms with van der Waals surface area (Å²) in [5, 5.41) is 90.2. The Kier molecular flexibility index (Phi) is 29.2. The summed E-state index contributed by atoms with van der Waals surface area (Å²) in [5.74, 6) is -15.0. The zero-order chi connectivity index (χ0) is 70.4. The second-order valence-electron chi connectivity index (χ2n) is 23.3. The Labute approximate surface area is 542 Å². The summed E-state index contributed by atoms with van der Waals surface area (Å²) in [4.78, 5) is 214. The van der Waals surface area contributed by atoms with Crippen LogP contribution in [0.1, 0.15) is 84.0 Å². The Morgan fingerprint density at radius 2 is 0.989 bits per heavy atom. The zero-order valence-electron chi connectivity index (χ0n) is 52.2. The molecule has 21 N–H and O–H groups in total. The Bertz CT molecular complexity index is 2910. The van der Waals surface area contributed by atoms with Crippen LogP contribution in [0.2, 0.25) is 0 Å². The van der Waals surface area contributed by atoms with Crippen LogP contribution in [0.3, 0.4) is 0 Å². The fourth-order valence-corrected chi connectivity index (χ4v) is 11.6. The van der Waals surface area contributed by atoms with Crippen molar-refractivity contribution < 1.29 is 107 Å². The highest BCUT2D eigenvalue weighted by Gasteiger charge is 2.47. The van der Waals surface area contributed by atoms with E-state index in [0.717, 1.165) is 19.6 Å². The molecule has 528 valence electrons. The first-order chi connectivity index (χ1) is 45.0. The monoisotopic (exact) mass is 1350 g/mol. The molecule has 5 rings (SSSR count). The van der Waals surface area contributed by atoms with Gasteiger partial charge in [-0.2, -0.15) is 0 Å². The van der Waals surface area contributed by atoms with E-state index in [-0.39, 0.29) is 90.2 Å². The van der Waals surface area contributed by atoms with Gasteiger partial charge < -0.3 is 120 Å². The molecule has 0 aromatic heterocycles. The van der Waals surface area contributed by atoms with Crippen molar-refractivity contribution in [3.63, 3.8) is 0 Å². The Hall–Kier alpha value is -9.41. The SMILES string of the molecule is C[C@H](NC(=O)[C@@H]1CCCN1C(=O)CNC(=O)[C@H](CO)NC(=O)[C@@H]1CCCN1C(=O)CNC(=O)[C@@H]1C[C@@H](O)CN1C(=O)[C@@H]1CCCN1C(=O)CNC(=O)[C@@H]1C[C@@H](O)CN1C(=O)[C@H](CO)NC(=O)CN)C(=O)NCC(=O)N[C@@H](CCC(=O)O)C(=O)N[C@@H](CCCNC(=N)N)C(=O)O. The minimum atomic E-state index is -1.65. The summed E-state index contributed by atoms with van der Waals surface area (Å²) in [7, 11) is 0. The van der Waals surface area contributed by atoms with Gasteiger partial charge >= 0.3 is 11.9 Å². The van der Waals surface area contributed by atoms with Gasteiger partial charge in [0.1, 0.15) is 60.4 Å². The highest BCUT2D eigenvalue weighted by Crippen LogP contribution is 2.27. The molecular formula is C55H86N18O22. The van der Waals surface area contributed by atoms with E-state index < -0.39 is 226 Å². The maximum atomic E-state index is 14.1. The maximum Gasteiger partial charge on any atom is 0.326 e. The van der Waals surface area contributed by atoms with E-state index in [9.17, 15) is 107 Å². The lowest BCUT2D eigenvalue weighted by Crippen LogP contribution is -2.57. The molecule has 5 aliphatic heterocycles. The molecule has 0 aromatic carbocycles. The molecule has 95 heavy (non-hydrogen) atoms. The van der Waals surface area contributed by atoms with Crippen LogP contribution in [0.25, 0.3) is 0 Å². The molecule has 12 atom stereocenters. The predicted octanol–water partition coefficient (Wildman–Crippen LogP) is -12.1. The van der Waals surface area contributed by atoms with Crippen LogP contribution in [0, 0.1) is 5.41 Å². The van der Waals surface area contributed by atoms with Crippen molar-refractivity contribution in [2.45, 2.75) is 157 Å². The van der Waals surface area contributed by atoms with Crippen LogP contribution < -0.4 is 64.6 Å². The van der Waals surface area contributed by atoms with Gasteiger partial charge in [0.2, 0.25) is 82.7 Å². The number of carbonyl (C=O) groups is 16. The quantitative estimate of drug-likeness (QED) is 0.0165. The van der Waals surface area contributed by atoms with Gasteiger partial charge in [-0.25, -0.2) is 4.79 Å². The topological polar surface area (TPSA) is 607 Å². The second kappa shape index (κ2) is 36.3. The first-order valence-electron chi connectivity index (χ1n) is 30.9. The van der Waals surface area contributed by atoms with E-state index in [2.05, 4.69) is 53.2 Å².